The van der Waals surface area contributed by atoms with Gasteiger partial charge in [0, 0.05) is 25.7 Å². The first kappa shape index (κ1) is 23.8. The van der Waals surface area contributed by atoms with E-state index in [1.165, 1.54) is 0 Å². The van der Waals surface area contributed by atoms with Crippen LogP contribution < -0.4 is 16.4 Å². The summed E-state index contributed by atoms with van der Waals surface area (Å²) < 4.78 is 0. The smallest absolute Gasteiger partial charge is 0.303 e. The van der Waals surface area contributed by atoms with Crippen LogP contribution in [0.3, 0.4) is 0 Å². The molecule has 0 aliphatic heterocycles. The summed E-state index contributed by atoms with van der Waals surface area (Å²) in [5.41, 5.74) is 5.11. The van der Waals surface area contributed by atoms with Crippen molar-refractivity contribution in [3.8, 4) is 0 Å². The van der Waals surface area contributed by atoms with Crippen LogP contribution in [0, 0.1) is 0 Å². The predicted molar refractivity (Wildman–Crippen MR) is 88.3 cm³/mol. The van der Waals surface area contributed by atoms with Gasteiger partial charge in [-0.1, -0.05) is 0 Å². The van der Waals surface area contributed by atoms with E-state index in [1.807, 2.05) is 0 Å². The van der Waals surface area contributed by atoms with Gasteiger partial charge in [-0.3, -0.25) is 28.8 Å². The number of primary amides is 1. The van der Waals surface area contributed by atoms with Crippen LogP contribution in [0.25, 0.3) is 0 Å². The van der Waals surface area contributed by atoms with Crippen molar-refractivity contribution >= 4 is 35.6 Å². The highest BCUT2D eigenvalue weighted by Crippen LogP contribution is 2.04. The molecule has 12 heteroatoms. The largest absolute Gasteiger partial charge is 0.481 e. The summed E-state index contributed by atoms with van der Waals surface area (Å²) in [5.74, 6) is -6.05. The zero-order chi connectivity index (χ0) is 21.0. The SMILES string of the molecule is NC(=O)C(CCC(=O)O)NC(=O)C(CCC(=O)O)NC(=O)CCCC(=O)O. The van der Waals surface area contributed by atoms with Gasteiger partial charge in [0.05, 0.1) is 0 Å². The highest BCUT2D eigenvalue weighted by Gasteiger charge is 2.26. The average molecular weight is 389 g/mol. The Morgan fingerprint density at radius 2 is 1.19 bits per heavy atom. The summed E-state index contributed by atoms with van der Waals surface area (Å²) >= 11 is 0. The van der Waals surface area contributed by atoms with Gasteiger partial charge in [0.1, 0.15) is 12.1 Å². The first-order valence-electron chi connectivity index (χ1n) is 8.07. The van der Waals surface area contributed by atoms with Gasteiger partial charge in [0.25, 0.3) is 0 Å². The fourth-order valence-corrected chi connectivity index (χ4v) is 2.03. The number of carbonyl (C=O) groups excluding carboxylic acids is 3. The molecule has 0 aromatic rings. The Morgan fingerprint density at radius 1 is 0.704 bits per heavy atom. The van der Waals surface area contributed by atoms with Gasteiger partial charge in [0.15, 0.2) is 0 Å². The Balaban J connectivity index is 4.91. The topological polar surface area (TPSA) is 213 Å². The monoisotopic (exact) mass is 389 g/mol. The minimum atomic E-state index is -1.30. The minimum absolute atomic E-state index is 0.0248. The lowest BCUT2D eigenvalue weighted by atomic mass is 10.1. The fraction of sp³-hybridized carbons (Fsp3) is 0.600. The number of hydrogen-bond acceptors (Lipinski definition) is 6. The molecule has 0 aliphatic carbocycles. The van der Waals surface area contributed by atoms with Gasteiger partial charge in [-0.05, 0) is 19.3 Å². The van der Waals surface area contributed by atoms with Crippen LogP contribution in [0.1, 0.15) is 44.9 Å². The Kier molecular flexibility index (Phi) is 10.8. The van der Waals surface area contributed by atoms with Crippen LogP contribution >= 0.6 is 0 Å². The average Bonchev–Trinajstić information content (AvgIpc) is 2.53. The summed E-state index contributed by atoms with van der Waals surface area (Å²) in [4.78, 5) is 67.2. The van der Waals surface area contributed by atoms with E-state index in [0.717, 1.165) is 0 Å². The number of rotatable bonds is 14. The number of nitrogens with two attached hydrogens (primary N) is 1. The third-order valence-corrected chi connectivity index (χ3v) is 3.40. The fourth-order valence-electron chi connectivity index (χ4n) is 2.03. The number of carboxylic acids is 3. The quantitative estimate of drug-likeness (QED) is 0.202. The second-order valence-corrected chi connectivity index (χ2v) is 5.70. The molecule has 0 heterocycles. The molecular formula is C15H23N3O9. The summed E-state index contributed by atoms with van der Waals surface area (Å²) in [5, 5.41) is 30.4. The first-order valence-corrected chi connectivity index (χ1v) is 8.07. The number of carboxylic acid groups (broad SMARTS) is 3. The van der Waals surface area contributed by atoms with Crippen molar-refractivity contribution in [3.05, 3.63) is 0 Å². The molecule has 2 unspecified atom stereocenters. The zero-order valence-corrected chi connectivity index (χ0v) is 14.5. The van der Waals surface area contributed by atoms with Crippen molar-refractivity contribution in [1.82, 2.24) is 10.6 Å². The van der Waals surface area contributed by atoms with Crippen molar-refractivity contribution in [1.29, 1.82) is 0 Å². The van der Waals surface area contributed by atoms with Gasteiger partial charge in [0.2, 0.25) is 17.7 Å². The van der Waals surface area contributed by atoms with Crippen LogP contribution in [0.5, 0.6) is 0 Å². The molecule has 0 spiro atoms. The van der Waals surface area contributed by atoms with Gasteiger partial charge in [-0.2, -0.15) is 0 Å². The maximum atomic E-state index is 12.3. The molecule has 0 aliphatic rings. The Bertz CT molecular complexity index is 591. The van der Waals surface area contributed by atoms with E-state index in [-0.39, 0.29) is 32.1 Å². The zero-order valence-electron chi connectivity index (χ0n) is 14.5. The third-order valence-electron chi connectivity index (χ3n) is 3.40. The Hall–Kier alpha value is -3.18. The van der Waals surface area contributed by atoms with Gasteiger partial charge >= 0.3 is 17.9 Å². The molecule has 0 fully saturated rings. The van der Waals surface area contributed by atoms with Crippen LogP contribution in [0.4, 0.5) is 0 Å². The maximum absolute atomic E-state index is 12.3. The van der Waals surface area contributed by atoms with Crippen molar-refractivity contribution in [2.24, 2.45) is 5.73 Å². The molecule has 0 saturated carbocycles. The number of aliphatic carboxylic acids is 3. The van der Waals surface area contributed by atoms with E-state index >= 15 is 0 Å². The van der Waals surface area contributed by atoms with Crippen LogP contribution in [-0.2, 0) is 28.8 Å². The van der Waals surface area contributed by atoms with Crippen LogP contribution in [0.15, 0.2) is 0 Å². The molecular weight excluding hydrogens is 366 g/mol. The van der Waals surface area contributed by atoms with Crippen LogP contribution in [0.2, 0.25) is 0 Å². The standard InChI is InChI=1S/C15H23N3O9/c16-14(26)8(4-6-12(22)23)18-15(27)9(5-7-13(24)25)17-10(19)2-1-3-11(20)21/h8-9H,1-7H2,(H2,16,26)(H,17,19)(H,18,27)(H,20,21)(H,22,23)(H,24,25). The van der Waals surface area contributed by atoms with Crippen molar-refractivity contribution < 1.29 is 44.1 Å². The summed E-state index contributed by atoms with van der Waals surface area (Å²) in [6, 6.07) is -2.60. The normalized spacial score (nSPS) is 12.4. The molecule has 12 nitrogen and oxygen atoms in total. The minimum Gasteiger partial charge on any atom is -0.481 e. The highest BCUT2D eigenvalue weighted by atomic mass is 16.4. The van der Waals surface area contributed by atoms with E-state index in [9.17, 15) is 28.8 Å². The molecule has 152 valence electrons. The van der Waals surface area contributed by atoms with E-state index in [2.05, 4.69) is 10.6 Å². The molecule has 7 N–H and O–H groups in total. The molecule has 27 heavy (non-hydrogen) atoms. The van der Waals surface area contributed by atoms with Crippen molar-refractivity contribution in [2.75, 3.05) is 0 Å². The van der Waals surface area contributed by atoms with Gasteiger partial charge in [-0.15, -0.1) is 0 Å². The van der Waals surface area contributed by atoms with E-state index in [1.54, 1.807) is 0 Å². The lowest BCUT2D eigenvalue weighted by molar-refractivity contribution is -0.139. The van der Waals surface area contributed by atoms with E-state index in [0.29, 0.717) is 0 Å². The number of amides is 3. The molecule has 3 amide bonds. The van der Waals surface area contributed by atoms with Crippen molar-refractivity contribution in [3.63, 3.8) is 0 Å². The van der Waals surface area contributed by atoms with Crippen LogP contribution in [-0.4, -0.2) is 63.0 Å². The number of nitrogens with one attached hydrogen (secondary N) is 2. The van der Waals surface area contributed by atoms with Crippen molar-refractivity contribution in [2.45, 2.75) is 57.0 Å². The lowest BCUT2D eigenvalue weighted by Gasteiger charge is -2.21. The second kappa shape index (κ2) is 12.2. The number of hydrogen-bond donors (Lipinski definition) is 6. The van der Waals surface area contributed by atoms with Gasteiger partial charge in [-0.25, -0.2) is 0 Å². The first-order chi connectivity index (χ1) is 12.5. The lowest BCUT2D eigenvalue weighted by Crippen LogP contribution is -2.53. The molecule has 0 aromatic carbocycles. The number of carbonyl (C=O) groups is 6. The van der Waals surface area contributed by atoms with E-state index in [4.69, 9.17) is 21.1 Å². The predicted octanol–water partition coefficient (Wildman–Crippen LogP) is -1.57. The molecule has 0 aromatic heterocycles. The van der Waals surface area contributed by atoms with E-state index < -0.39 is 60.6 Å². The maximum Gasteiger partial charge on any atom is 0.303 e. The third kappa shape index (κ3) is 11.9. The highest BCUT2D eigenvalue weighted by molar-refractivity contribution is 5.92. The Morgan fingerprint density at radius 3 is 1.63 bits per heavy atom. The molecule has 0 bridgehead atoms. The summed E-state index contributed by atoms with van der Waals surface area (Å²) in [6.45, 7) is 0. The summed E-state index contributed by atoms with van der Waals surface area (Å²) in [7, 11) is 0. The second-order valence-electron chi connectivity index (χ2n) is 5.70. The Labute approximate surface area is 154 Å². The molecule has 0 radical (unpaired) electrons. The molecule has 2 atom stereocenters. The molecule has 0 rings (SSSR count). The molecule has 0 saturated heterocycles. The van der Waals surface area contributed by atoms with Gasteiger partial charge < -0.3 is 31.7 Å². The summed E-state index contributed by atoms with van der Waals surface area (Å²) in [6.07, 6.45) is -1.86.